The van der Waals surface area contributed by atoms with E-state index in [-0.39, 0.29) is 29.4 Å². The van der Waals surface area contributed by atoms with E-state index in [4.69, 9.17) is 22.4 Å². The van der Waals surface area contributed by atoms with Gasteiger partial charge >= 0.3 is 0 Å². The minimum atomic E-state index is -0.100. The number of nitrogens with two attached hydrogens (primary N) is 1. The highest BCUT2D eigenvalue weighted by Gasteiger charge is 2.15. The van der Waals surface area contributed by atoms with Crippen LogP contribution in [0, 0.1) is 5.92 Å². The highest BCUT2D eigenvalue weighted by Crippen LogP contribution is 2.24. The van der Waals surface area contributed by atoms with Gasteiger partial charge in [0.1, 0.15) is 17.2 Å². The van der Waals surface area contributed by atoms with Crippen LogP contribution in [0.1, 0.15) is 13.8 Å². The molecule has 0 saturated heterocycles. The Labute approximate surface area is 93.7 Å². The summed E-state index contributed by atoms with van der Waals surface area (Å²) >= 11 is 5.90. The Kier molecular flexibility index (Phi) is 4.11. The third kappa shape index (κ3) is 2.94. The van der Waals surface area contributed by atoms with E-state index in [9.17, 15) is 0 Å². The van der Waals surface area contributed by atoms with Gasteiger partial charge in [-0.2, -0.15) is 0 Å². The Balaban J connectivity index is 2.84. The number of halogens is 1. The van der Waals surface area contributed by atoms with Gasteiger partial charge in [0.05, 0.1) is 12.6 Å². The van der Waals surface area contributed by atoms with Gasteiger partial charge < -0.3 is 16.2 Å². The molecule has 1 aromatic heterocycles. The fourth-order valence-electron chi connectivity index (χ4n) is 1.08. The zero-order chi connectivity index (χ0) is 11.4. The number of nitrogens with zero attached hydrogens (tertiary/aromatic N) is 2. The largest absolute Gasteiger partial charge is 0.394 e. The number of hydrogen-bond donors (Lipinski definition) is 3. The van der Waals surface area contributed by atoms with Gasteiger partial charge in [-0.15, -0.1) is 0 Å². The summed E-state index contributed by atoms with van der Waals surface area (Å²) < 4.78 is 0. The highest BCUT2D eigenvalue weighted by molar-refractivity contribution is 6.35. The highest BCUT2D eigenvalue weighted by atomic mass is 35.5. The summed E-state index contributed by atoms with van der Waals surface area (Å²) in [6, 6.07) is -0.100. The molecule has 1 heterocycles. The van der Waals surface area contributed by atoms with Crippen LogP contribution in [0.5, 0.6) is 0 Å². The van der Waals surface area contributed by atoms with Gasteiger partial charge in [0.15, 0.2) is 5.82 Å². The minimum absolute atomic E-state index is 0.0118. The zero-order valence-electron chi connectivity index (χ0n) is 8.74. The Morgan fingerprint density at radius 2 is 2.20 bits per heavy atom. The summed E-state index contributed by atoms with van der Waals surface area (Å²) in [6.45, 7) is 4.00. The molecule has 0 aliphatic rings. The molecule has 15 heavy (non-hydrogen) atoms. The Hall–Kier alpha value is -1.07. The van der Waals surface area contributed by atoms with E-state index in [0.29, 0.717) is 5.82 Å². The van der Waals surface area contributed by atoms with Crippen LogP contribution >= 0.6 is 11.6 Å². The van der Waals surface area contributed by atoms with Crippen molar-refractivity contribution in [2.75, 3.05) is 17.7 Å². The van der Waals surface area contributed by atoms with Gasteiger partial charge in [-0.05, 0) is 5.92 Å². The van der Waals surface area contributed by atoms with Gasteiger partial charge in [0.25, 0.3) is 0 Å². The molecule has 1 aromatic rings. The van der Waals surface area contributed by atoms with E-state index in [1.165, 1.54) is 6.33 Å². The average molecular weight is 231 g/mol. The van der Waals surface area contributed by atoms with E-state index in [0.717, 1.165) is 0 Å². The molecule has 0 amide bonds. The topological polar surface area (TPSA) is 84.1 Å². The molecule has 1 atom stereocenters. The quantitative estimate of drug-likeness (QED) is 0.723. The zero-order valence-corrected chi connectivity index (χ0v) is 9.49. The van der Waals surface area contributed by atoms with Crippen LogP contribution in [0.2, 0.25) is 5.02 Å². The lowest BCUT2D eigenvalue weighted by Gasteiger charge is -2.21. The summed E-state index contributed by atoms with van der Waals surface area (Å²) in [7, 11) is 0. The second-order valence-electron chi connectivity index (χ2n) is 3.60. The Bertz CT molecular complexity index is 332. The van der Waals surface area contributed by atoms with E-state index in [1.54, 1.807) is 0 Å². The van der Waals surface area contributed by atoms with Crippen LogP contribution < -0.4 is 11.1 Å². The number of hydrogen-bond acceptors (Lipinski definition) is 5. The smallest absolute Gasteiger partial charge is 0.150 e. The third-order valence-electron chi connectivity index (χ3n) is 2.14. The minimum Gasteiger partial charge on any atom is -0.394 e. The first-order valence-corrected chi connectivity index (χ1v) is 5.07. The van der Waals surface area contributed by atoms with E-state index in [2.05, 4.69) is 15.3 Å². The lowest BCUT2D eigenvalue weighted by Crippen LogP contribution is -2.30. The summed E-state index contributed by atoms with van der Waals surface area (Å²) in [6.07, 6.45) is 1.33. The molecule has 0 bridgehead atoms. The van der Waals surface area contributed by atoms with E-state index >= 15 is 0 Å². The standard InChI is InChI=1S/C9H15ClN4O/c1-5(2)6(3-15)14-9-7(10)8(11)12-4-13-9/h4-6,15H,3H2,1-2H3,(H3,11,12,13,14). The molecule has 5 nitrogen and oxygen atoms in total. The first kappa shape index (κ1) is 12.0. The first-order chi connectivity index (χ1) is 7.06. The molecule has 0 fully saturated rings. The number of nitrogens with one attached hydrogen (secondary N) is 1. The number of aliphatic hydroxyl groups excluding tert-OH is 1. The summed E-state index contributed by atoms with van der Waals surface area (Å²) in [5, 5.41) is 12.5. The molecule has 1 unspecified atom stereocenters. The van der Waals surface area contributed by atoms with Crippen molar-refractivity contribution in [2.24, 2.45) is 5.92 Å². The van der Waals surface area contributed by atoms with Crippen molar-refractivity contribution >= 4 is 23.2 Å². The van der Waals surface area contributed by atoms with Crippen LogP contribution in [0.15, 0.2) is 6.33 Å². The summed E-state index contributed by atoms with van der Waals surface area (Å²) in [4.78, 5) is 7.71. The Morgan fingerprint density at radius 3 is 2.73 bits per heavy atom. The molecule has 0 spiro atoms. The van der Waals surface area contributed by atoms with Gasteiger partial charge in [-0.3, -0.25) is 0 Å². The van der Waals surface area contributed by atoms with Gasteiger partial charge in [-0.1, -0.05) is 25.4 Å². The number of anilines is 2. The van der Waals surface area contributed by atoms with Crippen molar-refractivity contribution in [3.63, 3.8) is 0 Å². The lowest BCUT2D eigenvalue weighted by atomic mass is 10.1. The van der Waals surface area contributed by atoms with Crippen molar-refractivity contribution < 1.29 is 5.11 Å². The molecule has 6 heteroatoms. The van der Waals surface area contributed by atoms with E-state index in [1.807, 2.05) is 13.8 Å². The fraction of sp³-hybridized carbons (Fsp3) is 0.556. The maximum atomic E-state index is 9.14. The second-order valence-corrected chi connectivity index (χ2v) is 3.98. The SMILES string of the molecule is CC(C)C(CO)Nc1ncnc(N)c1Cl. The number of aliphatic hydroxyl groups is 1. The predicted molar refractivity (Wildman–Crippen MR) is 60.8 cm³/mol. The molecule has 4 N–H and O–H groups in total. The second kappa shape index (κ2) is 5.14. The van der Waals surface area contributed by atoms with Crippen LogP contribution in [0.25, 0.3) is 0 Å². The predicted octanol–water partition coefficient (Wildman–Crippen LogP) is 1.14. The monoisotopic (exact) mass is 230 g/mol. The Morgan fingerprint density at radius 1 is 1.53 bits per heavy atom. The molecule has 1 rings (SSSR count). The first-order valence-electron chi connectivity index (χ1n) is 4.69. The molecular weight excluding hydrogens is 216 g/mol. The normalized spacial score (nSPS) is 12.9. The maximum Gasteiger partial charge on any atom is 0.150 e. The molecule has 0 aliphatic heterocycles. The summed E-state index contributed by atoms with van der Waals surface area (Å²) in [5.41, 5.74) is 5.53. The van der Waals surface area contributed by atoms with Crippen LogP contribution in [0.4, 0.5) is 11.6 Å². The van der Waals surface area contributed by atoms with Gasteiger partial charge in [0, 0.05) is 0 Å². The van der Waals surface area contributed by atoms with Crippen molar-refractivity contribution in [2.45, 2.75) is 19.9 Å². The number of nitrogen functional groups attached to an aromatic ring is 1. The molecule has 0 aromatic carbocycles. The van der Waals surface area contributed by atoms with Gasteiger partial charge in [-0.25, -0.2) is 9.97 Å². The van der Waals surface area contributed by atoms with Crippen molar-refractivity contribution in [1.82, 2.24) is 9.97 Å². The van der Waals surface area contributed by atoms with Gasteiger partial charge in [0.2, 0.25) is 0 Å². The van der Waals surface area contributed by atoms with Crippen LogP contribution in [0.3, 0.4) is 0 Å². The van der Waals surface area contributed by atoms with Crippen LogP contribution in [-0.4, -0.2) is 27.7 Å². The van der Waals surface area contributed by atoms with Crippen molar-refractivity contribution in [3.8, 4) is 0 Å². The van der Waals surface area contributed by atoms with Crippen molar-refractivity contribution in [1.29, 1.82) is 0 Å². The third-order valence-corrected chi connectivity index (χ3v) is 2.51. The summed E-state index contributed by atoms with van der Waals surface area (Å²) in [5.74, 6) is 0.953. The number of aromatic nitrogens is 2. The molecule has 0 saturated carbocycles. The molecule has 0 aliphatic carbocycles. The van der Waals surface area contributed by atoms with E-state index < -0.39 is 0 Å². The number of rotatable bonds is 4. The molecule has 84 valence electrons. The van der Waals surface area contributed by atoms with Crippen LogP contribution in [-0.2, 0) is 0 Å². The maximum absolute atomic E-state index is 9.14. The molecule has 0 radical (unpaired) electrons. The molecular formula is C9H15ClN4O. The average Bonchev–Trinajstić information content (AvgIpc) is 2.19. The lowest BCUT2D eigenvalue weighted by molar-refractivity contribution is 0.249. The van der Waals surface area contributed by atoms with Crippen molar-refractivity contribution in [3.05, 3.63) is 11.3 Å². The fourth-order valence-corrected chi connectivity index (χ4v) is 1.23.